The molecule has 1 saturated heterocycles. The Hall–Kier alpha value is -2.66. The van der Waals surface area contributed by atoms with Gasteiger partial charge in [0.05, 0.1) is 12.7 Å². The minimum Gasteiger partial charge on any atom is -0.375 e. The summed E-state index contributed by atoms with van der Waals surface area (Å²) in [6.45, 7) is 1.63. The summed E-state index contributed by atoms with van der Waals surface area (Å²) in [5.41, 5.74) is 7.64. The van der Waals surface area contributed by atoms with E-state index in [1.807, 2.05) is 36.4 Å². The maximum absolute atomic E-state index is 12.3. The van der Waals surface area contributed by atoms with Crippen LogP contribution in [0.5, 0.6) is 0 Å². The Balaban J connectivity index is 1.70. The fraction of sp³-hybridized carbons (Fsp3) is 0.364. The third kappa shape index (κ3) is 5.41. The summed E-state index contributed by atoms with van der Waals surface area (Å²) >= 11 is 0. The molecule has 2 aromatic carbocycles. The van der Waals surface area contributed by atoms with Crippen LogP contribution < -0.4 is 5.73 Å². The van der Waals surface area contributed by atoms with E-state index in [1.54, 1.807) is 4.90 Å². The summed E-state index contributed by atoms with van der Waals surface area (Å²) in [6, 6.07) is 20.8. The highest BCUT2D eigenvalue weighted by Gasteiger charge is 2.27. The third-order valence-corrected chi connectivity index (χ3v) is 4.98. The lowest BCUT2D eigenvalue weighted by atomic mass is 9.86. The molecule has 1 fully saturated rings. The standard InChI is InChI=1S/C22H26N2O3/c23-21(25)11-12-22(26)24-13-14-27-19(16-24)15-20(17-7-3-1-4-8-17)18-9-5-2-6-10-18/h1-10,19-20H,11-16H2,(H2,23,25)/t19-/m1/s1. The zero-order valence-electron chi connectivity index (χ0n) is 15.4. The fourth-order valence-corrected chi connectivity index (χ4v) is 3.57. The predicted molar refractivity (Wildman–Crippen MR) is 104 cm³/mol. The SMILES string of the molecule is NC(=O)CCC(=O)N1CCO[C@H](CC(c2ccccc2)c2ccccc2)C1. The molecular formula is C22H26N2O3. The third-order valence-electron chi connectivity index (χ3n) is 4.98. The zero-order chi connectivity index (χ0) is 19.1. The molecule has 5 heteroatoms. The second-order valence-corrected chi connectivity index (χ2v) is 6.91. The number of nitrogens with zero attached hydrogens (tertiary/aromatic N) is 1. The maximum atomic E-state index is 12.3. The Labute approximate surface area is 160 Å². The Bertz CT molecular complexity index is 709. The average molecular weight is 366 g/mol. The number of hydrogen-bond acceptors (Lipinski definition) is 3. The largest absolute Gasteiger partial charge is 0.375 e. The summed E-state index contributed by atoms with van der Waals surface area (Å²) in [5.74, 6) is -0.266. The minimum atomic E-state index is -0.443. The Morgan fingerprint density at radius 2 is 1.59 bits per heavy atom. The number of nitrogens with two attached hydrogens (primary N) is 1. The molecule has 0 bridgehead atoms. The van der Waals surface area contributed by atoms with Crippen molar-refractivity contribution >= 4 is 11.8 Å². The summed E-state index contributed by atoms with van der Waals surface area (Å²) in [6.07, 6.45) is 1.02. The normalized spacial score (nSPS) is 17.1. The van der Waals surface area contributed by atoms with Gasteiger partial charge in [-0.2, -0.15) is 0 Å². The summed E-state index contributed by atoms with van der Waals surface area (Å²) in [5, 5.41) is 0. The lowest BCUT2D eigenvalue weighted by Gasteiger charge is -2.35. The molecule has 0 aromatic heterocycles. The Morgan fingerprint density at radius 3 is 2.15 bits per heavy atom. The quantitative estimate of drug-likeness (QED) is 0.819. The first kappa shape index (κ1) is 19.1. The molecule has 1 atom stereocenters. The highest BCUT2D eigenvalue weighted by Crippen LogP contribution is 2.30. The number of primary amides is 1. The van der Waals surface area contributed by atoms with Gasteiger partial charge in [-0.1, -0.05) is 60.7 Å². The van der Waals surface area contributed by atoms with E-state index in [9.17, 15) is 9.59 Å². The van der Waals surface area contributed by atoms with Crippen molar-refractivity contribution in [2.75, 3.05) is 19.7 Å². The van der Waals surface area contributed by atoms with E-state index in [-0.39, 0.29) is 30.8 Å². The topological polar surface area (TPSA) is 72.6 Å². The number of ether oxygens (including phenoxy) is 1. The molecular weight excluding hydrogens is 340 g/mol. The van der Waals surface area contributed by atoms with E-state index in [4.69, 9.17) is 10.5 Å². The molecule has 2 aromatic rings. The molecule has 0 radical (unpaired) electrons. The molecule has 2 amide bonds. The van der Waals surface area contributed by atoms with Gasteiger partial charge in [0.15, 0.2) is 0 Å². The molecule has 5 nitrogen and oxygen atoms in total. The molecule has 2 N–H and O–H groups in total. The van der Waals surface area contributed by atoms with Crippen molar-refractivity contribution in [3.8, 4) is 0 Å². The van der Waals surface area contributed by atoms with Gasteiger partial charge in [-0.25, -0.2) is 0 Å². The molecule has 1 heterocycles. The van der Waals surface area contributed by atoms with Crippen molar-refractivity contribution < 1.29 is 14.3 Å². The fourth-order valence-electron chi connectivity index (χ4n) is 3.57. The molecule has 0 aliphatic carbocycles. The summed E-state index contributed by atoms with van der Waals surface area (Å²) < 4.78 is 5.97. The summed E-state index contributed by atoms with van der Waals surface area (Å²) in [7, 11) is 0. The van der Waals surface area contributed by atoms with E-state index < -0.39 is 5.91 Å². The second-order valence-electron chi connectivity index (χ2n) is 6.91. The average Bonchev–Trinajstić information content (AvgIpc) is 2.71. The van der Waals surface area contributed by atoms with Crippen LogP contribution in [0.4, 0.5) is 0 Å². The first-order valence-corrected chi connectivity index (χ1v) is 9.41. The lowest BCUT2D eigenvalue weighted by Crippen LogP contribution is -2.46. The molecule has 1 aliphatic rings. The number of hydrogen-bond donors (Lipinski definition) is 1. The van der Waals surface area contributed by atoms with Gasteiger partial charge in [0, 0.05) is 31.8 Å². The van der Waals surface area contributed by atoms with Crippen LogP contribution in [-0.2, 0) is 14.3 Å². The summed E-state index contributed by atoms with van der Waals surface area (Å²) in [4.78, 5) is 25.1. The number of benzene rings is 2. The van der Waals surface area contributed by atoms with Gasteiger partial charge in [0.2, 0.25) is 11.8 Å². The van der Waals surface area contributed by atoms with Crippen molar-refractivity contribution in [1.82, 2.24) is 4.90 Å². The van der Waals surface area contributed by atoms with Gasteiger partial charge >= 0.3 is 0 Å². The van der Waals surface area contributed by atoms with Gasteiger partial charge in [-0.05, 0) is 17.5 Å². The second kappa shape index (κ2) is 9.33. The van der Waals surface area contributed by atoms with Crippen LogP contribution in [0.15, 0.2) is 60.7 Å². The number of carbonyl (C=O) groups excluding carboxylic acids is 2. The molecule has 142 valence electrons. The van der Waals surface area contributed by atoms with Crippen LogP contribution in [0.2, 0.25) is 0 Å². The van der Waals surface area contributed by atoms with Gasteiger partial charge in [-0.3, -0.25) is 9.59 Å². The van der Waals surface area contributed by atoms with Gasteiger partial charge in [0.1, 0.15) is 0 Å². The van der Waals surface area contributed by atoms with Crippen LogP contribution >= 0.6 is 0 Å². The van der Waals surface area contributed by atoms with Crippen molar-refractivity contribution in [1.29, 1.82) is 0 Å². The number of morpholine rings is 1. The molecule has 0 saturated carbocycles. The van der Waals surface area contributed by atoms with Crippen molar-refractivity contribution in [3.63, 3.8) is 0 Å². The first-order chi connectivity index (χ1) is 13.1. The smallest absolute Gasteiger partial charge is 0.223 e. The highest BCUT2D eigenvalue weighted by molar-refractivity contribution is 5.82. The van der Waals surface area contributed by atoms with Crippen LogP contribution in [0.3, 0.4) is 0 Å². The van der Waals surface area contributed by atoms with E-state index >= 15 is 0 Å². The number of rotatable bonds is 7. The lowest BCUT2D eigenvalue weighted by molar-refractivity contribution is -0.140. The maximum Gasteiger partial charge on any atom is 0.223 e. The van der Waals surface area contributed by atoms with Crippen molar-refractivity contribution in [2.24, 2.45) is 5.73 Å². The highest BCUT2D eigenvalue weighted by atomic mass is 16.5. The number of carbonyl (C=O) groups is 2. The first-order valence-electron chi connectivity index (χ1n) is 9.41. The predicted octanol–water partition coefficient (Wildman–Crippen LogP) is 2.70. The van der Waals surface area contributed by atoms with Crippen LogP contribution in [-0.4, -0.2) is 42.5 Å². The van der Waals surface area contributed by atoms with Gasteiger partial charge in [-0.15, -0.1) is 0 Å². The zero-order valence-corrected chi connectivity index (χ0v) is 15.4. The molecule has 1 aliphatic heterocycles. The van der Waals surface area contributed by atoms with Gasteiger partial charge in [0.25, 0.3) is 0 Å². The Kier molecular flexibility index (Phi) is 6.60. The van der Waals surface area contributed by atoms with E-state index in [2.05, 4.69) is 24.3 Å². The van der Waals surface area contributed by atoms with E-state index in [0.717, 1.165) is 6.42 Å². The van der Waals surface area contributed by atoms with Crippen LogP contribution in [0, 0.1) is 0 Å². The van der Waals surface area contributed by atoms with E-state index in [0.29, 0.717) is 19.7 Å². The minimum absolute atomic E-state index is 0.0296. The van der Waals surface area contributed by atoms with Crippen LogP contribution in [0.1, 0.15) is 36.3 Å². The molecule has 0 spiro atoms. The molecule has 3 rings (SSSR count). The van der Waals surface area contributed by atoms with E-state index in [1.165, 1.54) is 11.1 Å². The van der Waals surface area contributed by atoms with Crippen molar-refractivity contribution in [2.45, 2.75) is 31.3 Å². The monoisotopic (exact) mass is 366 g/mol. The van der Waals surface area contributed by atoms with Gasteiger partial charge < -0.3 is 15.4 Å². The molecule has 0 unspecified atom stereocenters. The molecule has 27 heavy (non-hydrogen) atoms. The number of amides is 2. The Morgan fingerprint density at radius 1 is 1.00 bits per heavy atom. The van der Waals surface area contributed by atoms with Crippen molar-refractivity contribution in [3.05, 3.63) is 71.8 Å². The van der Waals surface area contributed by atoms with Crippen LogP contribution in [0.25, 0.3) is 0 Å².